The molecular formula is C14H16N2. The molecule has 1 unspecified atom stereocenters. The number of anilines is 1. The Labute approximate surface area is 96.0 Å². The lowest BCUT2D eigenvalue weighted by atomic mass is 10.2. The lowest BCUT2D eigenvalue weighted by Crippen LogP contribution is -2.14. The molecule has 0 saturated carbocycles. The maximum absolute atomic E-state index is 4.55. The molecule has 1 N–H and O–H groups in total. The quantitative estimate of drug-likeness (QED) is 0.783. The lowest BCUT2D eigenvalue weighted by molar-refractivity contribution is 0.809. The van der Waals surface area contributed by atoms with Gasteiger partial charge in [0.2, 0.25) is 0 Å². The van der Waals surface area contributed by atoms with Crippen molar-refractivity contribution in [3.8, 4) is 0 Å². The van der Waals surface area contributed by atoms with Gasteiger partial charge < -0.3 is 5.32 Å². The van der Waals surface area contributed by atoms with Crippen molar-refractivity contribution in [2.45, 2.75) is 19.4 Å². The number of pyridine rings is 1. The second-order valence-electron chi connectivity index (χ2n) is 3.96. The first-order valence-corrected chi connectivity index (χ1v) is 5.53. The highest BCUT2D eigenvalue weighted by molar-refractivity contribution is 5.80. The smallest absolute Gasteiger partial charge is 0.126 e. The molecule has 0 amide bonds. The molecule has 2 aromatic rings. The van der Waals surface area contributed by atoms with Crippen molar-refractivity contribution in [3.05, 3.63) is 49.1 Å². The Morgan fingerprint density at radius 2 is 2.12 bits per heavy atom. The minimum absolute atomic E-state index is 0.367. The molecule has 16 heavy (non-hydrogen) atoms. The van der Waals surface area contributed by atoms with Crippen LogP contribution in [-0.4, -0.2) is 11.0 Å². The second-order valence-corrected chi connectivity index (χ2v) is 3.96. The van der Waals surface area contributed by atoms with E-state index < -0.39 is 0 Å². The van der Waals surface area contributed by atoms with Gasteiger partial charge in [-0.3, -0.25) is 0 Å². The fourth-order valence-electron chi connectivity index (χ4n) is 1.71. The standard InChI is InChI=1S/C14H16N2/c1-3-6-11(2)15-14-10-9-12-7-4-5-8-13(12)16-14/h3-5,7-11H,1,6H2,2H3,(H,15,16). The van der Waals surface area contributed by atoms with Crippen LogP contribution in [0.5, 0.6) is 0 Å². The van der Waals surface area contributed by atoms with Crippen molar-refractivity contribution in [2.75, 3.05) is 5.32 Å². The highest BCUT2D eigenvalue weighted by atomic mass is 15.0. The van der Waals surface area contributed by atoms with Gasteiger partial charge in [0.05, 0.1) is 5.52 Å². The third-order valence-electron chi connectivity index (χ3n) is 2.51. The van der Waals surface area contributed by atoms with Gasteiger partial charge in [-0.05, 0) is 31.5 Å². The van der Waals surface area contributed by atoms with Crippen LogP contribution < -0.4 is 5.32 Å². The van der Waals surface area contributed by atoms with Gasteiger partial charge in [0, 0.05) is 11.4 Å². The summed E-state index contributed by atoms with van der Waals surface area (Å²) in [5, 5.41) is 4.52. The van der Waals surface area contributed by atoms with E-state index in [-0.39, 0.29) is 0 Å². The number of hydrogen-bond donors (Lipinski definition) is 1. The summed E-state index contributed by atoms with van der Waals surface area (Å²) in [5.74, 6) is 0.924. The van der Waals surface area contributed by atoms with Crippen LogP contribution in [0.1, 0.15) is 13.3 Å². The Bertz CT molecular complexity index is 491. The Hall–Kier alpha value is -1.83. The van der Waals surface area contributed by atoms with E-state index in [0.717, 1.165) is 17.8 Å². The zero-order valence-electron chi connectivity index (χ0n) is 9.48. The van der Waals surface area contributed by atoms with Gasteiger partial charge in [0.25, 0.3) is 0 Å². The van der Waals surface area contributed by atoms with Gasteiger partial charge in [0.1, 0.15) is 5.82 Å². The molecule has 2 rings (SSSR count). The maximum Gasteiger partial charge on any atom is 0.126 e. The first kappa shape index (κ1) is 10.7. The molecule has 0 aliphatic rings. The molecule has 82 valence electrons. The van der Waals surface area contributed by atoms with Gasteiger partial charge in [-0.2, -0.15) is 0 Å². The van der Waals surface area contributed by atoms with E-state index in [2.05, 4.69) is 35.9 Å². The molecule has 0 aliphatic heterocycles. The molecule has 0 aliphatic carbocycles. The van der Waals surface area contributed by atoms with Crippen LogP contribution in [0.3, 0.4) is 0 Å². The minimum atomic E-state index is 0.367. The first-order valence-electron chi connectivity index (χ1n) is 5.53. The van der Waals surface area contributed by atoms with E-state index in [9.17, 15) is 0 Å². The molecular weight excluding hydrogens is 196 g/mol. The number of nitrogens with one attached hydrogen (secondary N) is 1. The van der Waals surface area contributed by atoms with Crippen LogP contribution in [0.2, 0.25) is 0 Å². The molecule has 0 bridgehead atoms. The largest absolute Gasteiger partial charge is 0.367 e. The second kappa shape index (κ2) is 4.79. The lowest BCUT2D eigenvalue weighted by Gasteiger charge is -2.12. The third kappa shape index (κ3) is 2.40. The zero-order chi connectivity index (χ0) is 11.4. The van der Waals surface area contributed by atoms with Gasteiger partial charge >= 0.3 is 0 Å². The van der Waals surface area contributed by atoms with Crippen LogP contribution in [0.25, 0.3) is 10.9 Å². The van der Waals surface area contributed by atoms with Crippen molar-refractivity contribution < 1.29 is 0 Å². The Balaban J connectivity index is 2.22. The Kier molecular flexibility index (Phi) is 3.20. The number of para-hydroxylation sites is 1. The third-order valence-corrected chi connectivity index (χ3v) is 2.51. The van der Waals surface area contributed by atoms with Gasteiger partial charge in [-0.25, -0.2) is 4.98 Å². The summed E-state index contributed by atoms with van der Waals surface area (Å²) in [6.07, 6.45) is 2.85. The number of aromatic nitrogens is 1. The monoisotopic (exact) mass is 212 g/mol. The Morgan fingerprint density at radius 3 is 2.94 bits per heavy atom. The summed E-state index contributed by atoms with van der Waals surface area (Å²) in [7, 11) is 0. The number of benzene rings is 1. The highest BCUT2D eigenvalue weighted by Gasteiger charge is 2.01. The molecule has 0 fully saturated rings. The molecule has 1 heterocycles. The van der Waals surface area contributed by atoms with Crippen molar-refractivity contribution in [2.24, 2.45) is 0 Å². The summed E-state index contributed by atoms with van der Waals surface area (Å²) in [4.78, 5) is 4.55. The topological polar surface area (TPSA) is 24.9 Å². The van der Waals surface area contributed by atoms with E-state index in [1.807, 2.05) is 30.3 Å². The van der Waals surface area contributed by atoms with E-state index in [1.54, 1.807) is 0 Å². The van der Waals surface area contributed by atoms with E-state index >= 15 is 0 Å². The summed E-state index contributed by atoms with van der Waals surface area (Å²) in [5.41, 5.74) is 1.03. The molecule has 0 radical (unpaired) electrons. The number of hydrogen-bond acceptors (Lipinski definition) is 2. The summed E-state index contributed by atoms with van der Waals surface area (Å²) < 4.78 is 0. The van der Waals surface area contributed by atoms with Crippen molar-refractivity contribution in [1.82, 2.24) is 4.98 Å². The average Bonchev–Trinajstić information content (AvgIpc) is 2.29. The molecule has 0 spiro atoms. The van der Waals surface area contributed by atoms with Crippen LogP contribution in [0.15, 0.2) is 49.1 Å². The Morgan fingerprint density at radius 1 is 1.31 bits per heavy atom. The summed E-state index contributed by atoms with van der Waals surface area (Å²) in [6, 6.07) is 12.6. The molecule has 0 saturated heterocycles. The summed E-state index contributed by atoms with van der Waals surface area (Å²) in [6.45, 7) is 5.86. The molecule has 2 heteroatoms. The SMILES string of the molecule is C=CCC(C)Nc1ccc2ccccc2n1. The fraction of sp³-hybridized carbons (Fsp3) is 0.214. The highest BCUT2D eigenvalue weighted by Crippen LogP contribution is 2.15. The molecule has 1 aromatic heterocycles. The number of rotatable bonds is 4. The van der Waals surface area contributed by atoms with Gasteiger partial charge in [0.15, 0.2) is 0 Å². The van der Waals surface area contributed by atoms with Crippen LogP contribution in [-0.2, 0) is 0 Å². The maximum atomic E-state index is 4.55. The van der Waals surface area contributed by atoms with Crippen molar-refractivity contribution in [3.63, 3.8) is 0 Å². The van der Waals surface area contributed by atoms with Gasteiger partial charge in [-0.15, -0.1) is 6.58 Å². The van der Waals surface area contributed by atoms with Crippen LogP contribution >= 0.6 is 0 Å². The minimum Gasteiger partial charge on any atom is -0.367 e. The number of fused-ring (bicyclic) bond motifs is 1. The zero-order valence-corrected chi connectivity index (χ0v) is 9.48. The molecule has 2 nitrogen and oxygen atoms in total. The van der Waals surface area contributed by atoms with Gasteiger partial charge in [-0.1, -0.05) is 24.3 Å². The predicted molar refractivity (Wildman–Crippen MR) is 69.6 cm³/mol. The van der Waals surface area contributed by atoms with Crippen molar-refractivity contribution >= 4 is 16.7 Å². The van der Waals surface area contributed by atoms with Crippen molar-refractivity contribution in [1.29, 1.82) is 0 Å². The van der Waals surface area contributed by atoms with E-state index in [0.29, 0.717) is 6.04 Å². The van der Waals surface area contributed by atoms with E-state index in [4.69, 9.17) is 0 Å². The molecule has 1 aromatic carbocycles. The average molecular weight is 212 g/mol. The first-order chi connectivity index (χ1) is 7.79. The summed E-state index contributed by atoms with van der Waals surface area (Å²) >= 11 is 0. The normalized spacial score (nSPS) is 12.3. The van der Waals surface area contributed by atoms with E-state index in [1.165, 1.54) is 5.39 Å². The van der Waals surface area contributed by atoms with Crippen LogP contribution in [0, 0.1) is 0 Å². The molecule has 1 atom stereocenters. The van der Waals surface area contributed by atoms with Crippen LogP contribution in [0.4, 0.5) is 5.82 Å². The number of nitrogens with zero attached hydrogens (tertiary/aromatic N) is 1. The fourth-order valence-corrected chi connectivity index (χ4v) is 1.71. The predicted octanol–water partition coefficient (Wildman–Crippen LogP) is 3.61.